The number of allylic oxidation sites excluding steroid dienone is 3. The maximum atomic E-state index is 8.86. The van der Waals surface area contributed by atoms with Gasteiger partial charge in [0.25, 0.3) is 0 Å². The Labute approximate surface area is 92.5 Å². The minimum atomic E-state index is 0.705. The third-order valence-corrected chi connectivity index (χ3v) is 2.65. The van der Waals surface area contributed by atoms with E-state index in [1.54, 1.807) is 12.4 Å². The molecule has 0 spiro atoms. The van der Waals surface area contributed by atoms with Crippen molar-refractivity contribution in [3.8, 4) is 6.07 Å². The normalized spacial score (nSPS) is 17.3. The smallest absolute Gasteiger partial charge is 0.174 e. The van der Waals surface area contributed by atoms with Crippen LogP contribution in [0.4, 0.5) is 11.6 Å². The van der Waals surface area contributed by atoms with Gasteiger partial charge in [-0.15, -0.1) is 0 Å². The summed E-state index contributed by atoms with van der Waals surface area (Å²) in [4.78, 5) is 8.37. The standard InChI is InChI=1S/C11H9N5/c12-6-7-1-2-8-9(5-7)16-11-10(15-8)13-3-4-14-11/h3-5H,1-2H2,(H,13,15)(H,14,16). The van der Waals surface area contributed by atoms with Crippen molar-refractivity contribution in [2.45, 2.75) is 12.8 Å². The number of nitrogens with zero attached hydrogens (tertiary/aromatic N) is 3. The molecule has 0 saturated carbocycles. The van der Waals surface area contributed by atoms with Crippen LogP contribution < -0.4 is 10.6 Å². The highest BCUT2D eigenvalue weighted by molar-refractivity contribution is 5.70. The number of nitrogens with one attached hydrogen (secondary N) is 2. The van der Waals surface area contributed by atoms with Gasteiger partial charge in [-0.05, 0) is 18.9 Å². The summed E-state index contributed by atoms with van der Waals surface area (Å²) in [6, 6.07) is 2.18. The van der Waals surface area contributed by atoms with Crippen molar-refractivity contribution < 1.29 is 0 Å². The van der Waals surface area contributed by atoms with E-state index in [2.05, 4.69) is 26.7 Å². The molecule has 0 atom stereocenters. The van der Waals surface area contributed by atoms with Gasteiger partial charge < -0.3 is 10.6 Å². The minimum absolute atomic E-state index is 0.705. The maximum Gasteiger partial charge on any atom is 0.174 e. The number of anilines is 2. The van der Waals surface area contributed by atoms with Crippen molar-refractivity contribution in [3.63, 3.8) is 0 Å². The van der Waals surface area contributed by atoms with Gasteiger partial charge in [0.1, 0.15) is 0 Å². The predicted molar refractivity (Wildman–Crippen MR) is 59.2 cm³/mol. The molecule has 0 saturated heterocycles. The molecule has 0 bridgehead atoms. The number of hydrogen-bond acceptors (Lipinski definition) is 5. The first-order valence-electron chi connectivity index (χ1n) is 5.06. The topological polar surface area (TPSA) is 73.6 Å². The van der Waals surface area contributed by atoms with Gasteiger partial charge in [0.05, 0.1) is 11.8 Å². The van der Waals surface area contributed by atoms with E-state index in [4.69, 9.17) is 5.26 Å². The molecule has 2 aliphatic rings. The summed E-state index contributed by atoms with van der Waals surface area (Å²) in [6.45, 7) is 0. The summed E-state index contributed by atoms with van der Waals surface area (Å²) in [6.07, 6.45) is 6.76. The molecule has 0 fully saturated rings. The quantitative estimate of drug-likeness (QED) is 0.684. The lowest BCUT2D eigenvalue weighted by atomic mass is 10.00. The Morgan fingerprint density at radius 3 is 2.62 bits per heavy atom. The summed E-state index contributed by atoms with van der Waals surface area (Å²) >= 11 is 0. The van der Waals surface area contributed by atoms with Crippen LogP contribution in [0, 0.1) is 11.3 Å². The third kappa shape index (κ3) is 1.32. The molecular formula is C11H9N5. The second-order valence-electron chi connectivity index (χ2n) is 3.68. The van der Waals surface area contributed by atoms with Crippen LogP contribution in [0.2, 0.25) is 0 Å². The molecular weight excluding hydrogens is 202 g/mol. The van der Waals surface area contributed by atoms with E-state index in [0.29, 0.717) is 5.82 Å². The summed E-state index contributed by atoms with van der Waals surface area (Å²) in [5.41, 5.74) is 2.79. The molecule has 2 heterocycles. The van der Waals surface area contributed by atoms with E-state index in [1.165, 1.54) is 0 Å². The van der Waals surface area contributed by atoms with Gasteiger partial charge in [0.15, 0.2) is 11.6 Å². The lowest BCUT2D eigenvalue weighted by molar-refractivity contribution is 0.902. The lowest BCUT2D eigenvalue weighted by Crippen LogP contribution is -2.20. The van der Waals surface area contributed by atoms with Gasteiger partial charge in [0, 0.05) is 23.7 Å². The fourth-order valence-corrected chi connectivity index (χ4v) is 1.85. The van der Waals surface area contributed by atoms with Crippen LogP contribution in [0.25, 0.3) is 0 Å². The molecule has 5 nitrogen and oxygen atoms in total. The molecule has 1 aliphatic carbocycles. The average molecular weight is 211 g/mol. The number of hydrogen-bond donors (Lipinski definition) is 2. The molecule has 3 rings (SSSR count). The highest BCUT2D eigenvalue weighted by Crippen LogP contribution is 2.31. The molecule has 0 aromatic carbocycles. The fraction of sp³-hybridized carbons (Fsp3) is 0.182. The molecule has 1 aliphatic heterocycles. The number of rotatable bonds is 0. The van der Waals surface area contributed by atoms with Crippen molar-refractivity contribution >= 4 is 11.6 Å². The summed E-state index contributed by atoms with van der Waals surface area (Å²) in [5.74, 6) is 1.45. The van der Waals surface area contributed by atoms with Gasteiger partial charge in [-0.2, -0.15) is 5.26 Å². The highest BCUT2D eigenvalue weighted by Gasteiger charge is 2.20. The van der Waals surface area contributed by atoms with Crippen LogP contribution in [0.3, 0.4) is 0 Å². The first kappa shape index (κ1) is 8.92. The molecule has 0 unspecified atom stereocenters. The summed E-state index contributed by atoms with van der Waals surface area (Å²) in [7, 11) is 0. The van der Waals surface area contributed by atoms with E-state index in [1.807, 2.05) is 6.08 Å². The zero-order valence-corrected chi connectivity index (χ0v) is 8.49. The fourth-order valence-electron chi connectivity index (χ4n) is 1.85. The first-order chi connectivity index (χ1) is 7.86. The van der Waals surface area contributed by atoms with Crippen molar-refractivity contribution in [1.82, 2.24) is 9.97 Å². The van der Waals surface area contributed by atoms with E-state index in [-0.39, 0.29) is 0 Å². The maximum absolute atomic E-state index is 8.86. The van der Waals surface area contributed by atoms with Crippen molar-refractivity contribution in [3.05, 3.63) is 35.4 Å². The molecule has 0 amide bonds. The SMILES string of the molecule is N#CC1=CC2=C(CC1)Nc1nccnc1N2. The first-order valence-corrected chi connectivity index (χ1v) is 5.06. The Morgan fingerprint density at radius 1 is 1.12 bits per heavy atom. The van der Waals surface area contributed by atoms with E-state index >= 15 is 0 Å². The van der Waals surface area contributed by atoms with Crippen LogP contribution in [0.15, 0.2) is 35.4 Å². The molecule has 0 radical (unpaired) electrons. The molecule has 1 aromatic heterocycles. The van der Waals surface area contributed by atoms with Crippen molar-refractivity contribution in [2.75, 3.05) is 10.6 Å². The average Bonchev–Trinajstić information content (AvgIpc) is 2.35. The number of fused-ring (bicyclic) bond motifs is 1. The molecule has 5 heteroatoms. The largest absolute Gasteiger partial charge is 0.339 e. The van der Waals surface area contributed by atoms with Crippen LogP contribution in [-0.2, 0) is 0 Å². The molecule has 2 N–H and O–H groups in total. The Hall–Kier alpha value is -2.35. The number of aromatic nitrogens is 2. The zero-order valence-electron chi connectivity index (χ0n) is 8.49. The van der Waals surface area contributed by atoms with Crippen LogP contribution in [-0.4, -0.2) is 9.97 Å². The van der Waals surface area contributed by atoms with Gasteiger partial charge in [0.2, 0.25) is 0 Å². The summed E-state index contributed by atoms with van der Waals surface area (Å²) < 4.78 is 0. The Bertz CT molecular complexity index is 550. The Balaban J connectivity index is 2.01. The van der Waals surface area contributed by atoms with E-state index in [0.717, 1.165) is 35.6 Å². The number of nitriles is 1. The van der Waals surface area contributed by atoms with Crippen molar-refractivity contribution in [2.24, 2.45) is 0 Å². The van der Waals surface area contributed by atoms with Gasteiger partial charge in [-0.25, -0.2) is 9.97 Å². The monoisotopic (exact) mass is 211 g/mol. The Morgan fingerprint density at radius 2 is 1.88 bits per heavy atom. The predicted octanol–water partition coefficient (Wildman–Crippen LogP) is 1.77. The Kier molecular flexibility index (Phi) is 1.87. The molecule has 16 heavy (non-hydrogen) atoms. The zero-order chi connectivity index (χ0) is 11.0. The van der Waals surface area contributed by atoms with Gasteiger partial charge in [-0.3, -0.25) is 0 Å². The lowest BCUT2D eigenvalue weighted by Gasteiger charge is -2.25. The molecule has 78 valence electrons. The molecule has 1 aromatic rings. The minimum Gasteiger partial charge on any atom is -0.339 e. The van der Waals surface area contributed by atoms with Crippen LogP contribution in [0.5, 0.6) is 0 Å². The third-order valence-electron chi connectivity index (χ3n) is 2.65. The van der Waals surface area contributed by atoms with Gasteiger partial charge >= 0.3 is 0 Å². The van der Waals surface area contributed by atoms with Crippen LogP contribution in [0.1, 0.15) is 12.8 Å². The summed E-state index contributed by atoms with van der Waals surface area (Å²) in [5, 5.41) is 15.3. The second-order valence-corrected chi connectivity index (χ2v) is 3.68. The highest BCUT2D eigenvalue weighted by atomic mass is 15.2. The second kappa shape index (κ2) is 3.35. The van der Waals surface area contributed by atoms with Gasteiger partial charge in [-0.1, -0.05) is 0 Å². The van der Waals surface area contributed by atoms with E-state index < -0.39 is 0 Å². The van der Waals surface area contributed by atoms with E-state index in [9.17, 15) is 0 Å². The van der Waals surface area contributed by atoms with Crippen molar-refractivity contribution in [1.29, 1.82) is 5.26 Å². The van der Waals surface area contributed by atoms with Crippen LogP contribution >= 0.6 is 0 Å².